The van der Waals surface area contributed by atoms with Crippen LogP contribution in [-0.4, -0.2) is 36.7 Å². The van der Waals surface area contributed by atoms with Crippen LogP contribution in [0.2, 0.25) is 0 Å². The fourth-order valence-corrected chi connectivity index (χ4v) is 2.61. The van der Waals surface area contributed by atoms with Crippen molar-refractivity contribution in [1.29, 1.82) is 0 Å². The number of hydrogen-bond acceptors (Lipinski definition) is 4. The predicted octanol–water partition coefficient (Wildman–Crippen LogP) is 1.65. The maximum absolute atomic E-state index is 12.4. The third-order valence-electron chi connectivity index (χ3n) is 3.88. The first-order chi connectivity index (χ1) is 9.15. The summed E-state index contributed by atoms with van der Waals surface area (Å²) >= 11 is 0. The minimum absolute atomic E-state index is 0. The number of nitrogens with zero attached hydrogens (tertiary/aromatic N) is 1. The molecule has 0 spiro atoms. The van der Waals surface area contributed by atoms with Crippen LogP contribution in [0.5, 0.6) is 11.5 Å². The molecule has 0 bridgehead atoms. The highest BCUT2D eigenvalue weighted by atomic mass is 35.5. The van der Waals surface area contributed by atoms with Gasteiger partial charge in [0.25, 0.3) is 5.91 Å². The second-order valence-electron chi connectivity index (χ2n) is 5.23. The quantitative estimate of drug-likeness (QED) is 0.901. The average molecular weight is 299 g/mol. The third kappa shape index (κ3) is 2.69. The van der Waals surface area contributed by atoms with Crippen LogP contribution in [-0.2, 0) is 0 Å². The maximum atomic E-state index is 12.4. The molecule has 2 heterocycles. The van der Waals surface area contributed by atoms with Gasteiger partial charge in [-0.15, -0.1) is 12.4 Å². The SMILES string of the molecule is CC(N)C1CCN(C(=O)c2ccc3c(c2)OCO3)C1.Cl. The van der Waals surface area contributed by atoms with Crippen molar-refractivity contribution in [3.63, 3.8) is 0 Å². The van der Waals surface area contributed by atoms with Crippen LogP contribution >= 0.6 is 12.4 Å². The van der Waals surface area contributed by atoms with E-state index in [0.29, 0.717) is 23.0 Å². The molecule has 1 aromatic carbocycles. The molecule has 2 aliphatic rings. The molecule has 1 fully saturated rings. The van der Waals surface area contributed by atoms with Gasteiger partial charge in [0.1, 0.15) is 0 Å². The fourth-order valence-electron chi connectivity index (χ4n) is 2.61. The number of ether oxygens (including phenoxy) is 2. The smallest absolute Gasteiger partial charge is 0.254 e. The second-order valence-corrected chi connectivity index (χ2v) is 5.23. The van der Waals surface area contributed by atoms with Crippen molar-refractivity contribution in [3.8, 4) is 11.5 Å². The van der Waals surface area contributed by atoms with E-state index < -0.39 is 0 Å². The Morgan fingerprint density at radius 1 is 1.40 bits per heavy atom. The van der Waals surface area contributed by atoms with Crippen molar-refractivity contribution in [3.05, 3.63) is 23.8 Å². The van der Waals surface area contributed by atoms with Crippen molar-refractivity contribution in [2.24, 2.45) is 11.7 Å². The fraction of sp³-hybridized carbons (Fsp3) is 0.500. The Bertz CT molecular complexity index is 507. The van der Waals surface area contributed by atoms with Crippen LogP contribution in [0.4, 0.5) is 0 Å². The zero-order chi connectivity index (χ0) is 13.4. The van der Waals surface area contributed by atoms with E-state index in [0.717, 1.165) is 19.5 Å². The van der Waals surface area contributed by atoms with Gasteiger partial charge in [0.05, 0.1) is 0 Å². The molecule has 20 heavy (non-hydrogen) atoms. The number of carbonyl (C=O) groups excluding carboxylic acids is 1. The number of halogens is 1. The van der Waals surface area contributed by atoms with Gasteiger partial charge in [-0.1, -0.05) is 0 Å². The lowest BCUT2D eigenvalue weighted by molar-refractivity contribution is 0.0785. The van der Waals surface area contributed by atoms with Gasteiger partial charge >= 0.3 is 0 Å². The minimum Gasteiger partial charge on any atom is -0.454 e. The van der Waals surface area contributed by atoms with Crippen LogP contribution in [0.3, 0.4) is 0 Å². The van der Waals surface area contributed by atoms with Crippen LogP contribution in [0.15, 0.2) is 18.2 Å². The molecular formula is C14H19ClN2O3. The molecule has 2 aliphatic heterocycles. The molecule has 1 saturated heterocycles. The lowest BCUT2D eigenvalue weighted by atomic mass is 10.0. The Labute approximate surface area is 124 Å². The summed E-state index contributed by atoms with van der Waals surface area (Å²) < 4.78 is 10.5. The maximum Gasteiger partial charge on any atom is 0.254 e. The van der Waals surface area contributed by atoms with Gasteiger partial charge in [0.15, 0.2) is 11.5 Å². The molecular weight excluding hydrogens is 280 g/mol. The zero-order valence-electron chi connectivity index (χ0n) is 11.4. The van der Waals surface area contributed by atoms with Gasteiger partial charge in [0.2, 0.25) is 6.79 Å². The van der Waals surface area contributed by atoms with E-state index in [9.17, 15) is 4.79 Å². The van der Waals surface area contributed by atoms with Gasteiger partial charge in [-0.2, -0.15) is 0 Å². The molecule has 0 saturated carbocycles. The molecule has 3 rings (SSSR count). The van der Waals surface area contributed by atoms with Crippen molar-refractivity contribution in [1.82, 2.24) is 4.90 Å². The number of benzene rings is 1. The van der Waals surface area contributed by atoms with E-state index in [1.165, 1.54) is 0 Å². The number of hydrogen-bond donors (Lipinski definition) is 1. The summed E-state index contributed by atoms with van der Waals surface area (Å²) in [7, 11) is 0. The van der Waals surface area contributed by atoms with Gasteiger partial charge in [0, 0.05) is 24.7 Å². The first-order valence-electron chi connectivity index (χ1n) is 6.59. The molecule has 1 aromatic rings. The summed E-state index contributed by atoms with van der Waals surface area (Å²) in [5.74, 6) is 1.79. The number of rotatable bonds is 2. The van der Waals surface area contributed by atoms with E-state index in [-0.39, 0.29) is 31.1 Å². The van der Waals surface area contributed by atoms with Gasteiger partial charge < -0.3 is 20.1 Å². The topological polar surface area (TPSA) is 64.8 Å². The number of likely N-dealkylation sites (tertiary alicyclic amines) is 1. The van der Waals surface area contributed by atoms with Crippen LogP contribution in [0.25, 0.3) is 0 Å². The lowest BCUT2D eigenvalue weighted by Gasteiger charge is -2.18. The van der Waals surface area contributed by atoms with E-state index in [1.807, 2.05) is 11.8 Å². The number of fused-ring (bicyclic) bond motifs is 1. The number of nitrogens with two attached hydrogens (primary N) is 1. The second kappa shape index (κ2) is 5.89. The molecule has 5 nitrogen and oxygen atoms in total. The van der Waals surface area contributed by atoms with E-state index >= 15 is 0 Å². The highest BCUT2D eigenvalue weighted by molar-refractivity contribution is 5.95. The van der Waals surface area contributed by atoms with Gasteiger partial charge in [-0.25, -0.2) is 0 Å². The van der Waals surface area contributed by atoms with Crippen molar-refractivity contribution in [2.75, 3.05) is 19.9 Å². The summed E-state index contributed by atoms with van der Waals surface area (Å²) in [6.45, 7) is 3.74. The molecule has 6 heteroatoms. The summed E-state index contributed by atoms with van der Waals surface area (Å²) in [4.78, 5) is 14.3. The first-order valence-corrected chi connectivity index (χ1v) is 6.59. The summed E-state index contributed by atoms with van der Waals surface area (Å²) in [5, 5.41) is 0. The molecule has 2 unspecified atom stereocenters. The standard InChI is InChI=1S/C14H18N2O3.ClH/c1-9(15)11-4-5-16(7-11)14(17)10-2-3-12-13(6-10)19-8-18-12;/h2-3,6,9,11H,4-5,7-8,15H2,1H3;1H. The highest BCUT2D eigenvalue weighted by Gasteiger charge is 2.29. The van der Waals surface area contributed by atoms with Crippen LogP contribution in [0, 0.1) is 5.92 Å². The Morgan fingerprint density at radius 3 is 2.85 bits per heavy atom. The largest absolute Gasteiger partial charge is 0.454 e. The van der Waals surface area contributed by atoms with E-state index in [1.54, 1.807) is 18.2 Å². The molecule has 2 atom stereocenters. The number of amides is 1. The molecule has 0 radical (unpaired) electrons. The lowest BCUT2D eigenvalue weighted by Crippen LogP contribution is -2.32. The van der Waals surface area contributed by atoms with Gasteiger partial charge in [-0.05, 0) is 37.5 Å². The summed E-state index contributed by atoms with van der Waals surface area (Å²) in [6, 6.07) is 5.46. The van der Waals surface area contributed by atoms with Crippen LogP contribution in [0.1, 0.15) is 23.7 Å². The molecule has 1 amide bonds. The summed E-state index contributed by atoms with van der Waals surface area (Å²) in [5.41, 5.74) is 6.55. The van der Waals surface area contributed by atoms with Crippen molar-refractivity contribution >= 4 is 18.3 Å². The van der Waals surface area contributed by atoms with E-state index in [4.69, 9.17) is 15.2 Å². The Hall–Kier alpha value is -1.46. The molecule has 2 N–H and O–H groups in total. The minimum atomic E-state index is 0. The molecule has 0 aliphatic carbocycles. The van der Waals surface area contributed by atoms with Crippen molar-refractivity contribution < 1.29 is 14.3 Å². The summed E-state index contributed by atoms with van der Waals surface area (Å²) in [6.07, 6.45) is 0.980. The normalized spacial score (nSPS) is 21.5. The van der Waals surface area contributed by atoms with Crippen LogP contribution < -0.4 is 15.2 Å². The van der Waals surface area contributed by atoms with Crippen molar-refractivity contribution in [2.45, 2.75) is 19.4 Å². The van der Waals surface area contributed by atoms with Gasteiger partial charge in [-0.3, -0.25) is 4.79 Å². The van der Waals surface area contributed by atoms with E-state index in [2.05, 4.69) is 0 Å². The first kappa shape index (κ1) is 14.9. The Morgan fingerprint density at radius 2 is 2.15 bits per heavy atom. The highest BCUT2D eigenvalue weighted by Crippen LogP contribution is 2.33. The average Bonchev–Trinajstić information content (AvgIpc) is 3.06. The molecule has 110 valence electrons. The third-order valence-corrected chi connectivity index (χ3v) is 3.88. The Kier molecular flexibility index (Phi) is 4.40. The number of carbonyl (C=O) groups is 1. The molecule has 0 aromatic heterocycles. The predicted molar refractivity (Wildman–Crippen MR) is 77.5 cm³/mol. The zero-order valence-corrected chi connectivity index (χ0v) is 12.2. The Balaban J connectivity index is 0.00000147. The monoisotopic (exact) mass is 298 g/mol.